The molecule has 0 spiro atoms. The molecule has 17 heavy (non-hydrogen) atoms. The Morgan fingerprint density at radius 3 is 2.53 bits per heavy atom. The summed E-state index contributed by atoms with van der Waals surface area (Å²) in [6.45, 7) is 1.85. The Labute approximate surface area is 107 Å². The van der Waals surface area contributed by atoms with Crippen LogP contribution in [-0.4, -0.2) is 7.11 Å². The minimum Gasteiger partial charge on any atom is -0.491 e. The lowest BCUT2D eigenvalue weighted by molar-refractivity contribution is 0.362. The fourth-order valence-corrected chi connectivity index (χ4v) is 2.51. The Kier molecular flexibility index (Phi) is 3.33. The van der Waals surface area contributed by atoms with E-state index in [0.29, 0.717) is 16.1 Å². The minimum absolute atomic E-state index is 0.330. The average Bonchev–Trinajstić information content (AvgIpc) is 2.31. The zero-order valence-electron chi connectivity index (χ0n) is 9.48. The Hall–Kier alpha value is -1.16. The molecule has 0 fully saturated rings. The predicted octanol–water partition coefficient (Wildman–Crippen LogP) is 4.33. The fraction of sp³-hybridized carbons (Fsp3) is 0.231. The van der Waals surface area contributed by atoms with Crippen molar-refractivity contribution in [2.45, 2.75) is 12.3 Å². The van der Waals surface area contributed by atoms with Crippen molar-refractivity contribution in [3.05, 3.63) is 41.0 Å². The molecule has 2 aromatic rings. The molecule has 2 aromatic carbocycles. The molecular weight excluding hydrogens is 290 g/mol. The zero-order chi connectivity index (χ0) is 12.6. The van der Waals surface area contributed by atoms with E-state index in [1.807, 2.05) is 13.0 Å². The average molecular weight is 301 g/mol. The summed E-state index contributed by atoms with van der Waals surface area (Å²) in [5.74, 6) is -1.65. The lowest BCUT2D eigenvalue weighted by atomic mass is 10.00. The van der Waals surface area contributed by atoms with Gasteiger partial charge in [0, 0.05) is 10.7 Å². The summed E-state index contributed by atoms with van der Waals surface area (Å²) in [5.41, 5.74) is 1.89. The van der Waals surface area contributed by atoms with Crippen LogP contribution in [0, 0.1) is 18.6 Å². The maximum Gasteiger partial charge on any atom is 0.191 e. The highest BCUT2D eigenvalue weighted by molar-refractivity contribution is 9.08. The van der Waals surface area contributed by atoms with Gasteiger partial charge in [-0.2, -0.15) is 0 Å². The van der Waals surface area contributed by atoms with Crippen LogP contribution >= 0.6 is 15.9 Å². The lowest BCUT2D eigenvalue weighted by Gasteiger charge is -2.11. The summed E-state index contributed by atoms with van der Waals surface area (Å²) in [5, 5.41) is 1.62. The van der Waals surface area contributed by atoms with Gasteiger partial charge in [0.1, 0.15) is 0 Å². The second kappa shape index (κ2) is 4.61. The van der Waals surface area contributed by atoms with Crippen molar-refractivity contribution >= 4 is 26.7 Å². The van der Waals surface area contributed by atoms with Crippen LogP contribution in [0.4, 0.5) is 8.78 Å². The summed E-state index contributed by atoms with van der Waals surface area (Å²) in [7, 11) is 1.26. The zero-order valence-corrected chi connectivity index (χ0v) is 11.1. The van der Waals surface area contributed by atoms with Crippen LogP contribution in [-0.2, 0) is 5.33 Å². The minimum atomic E-state index is -0.674. The number of rotatable bonds is 2. The molecule has 0 amide bonds. The van der Waals surface area contributed by atoms with Gasteiger partial charge in [-0.25, -0.2) is 8.78 Å². The van der Waals surface area contributed by atoms with Crippen LogP contribution in [0.5, 0.6) is 5.75 Å². The third-order valence-corrected chi connectivity index (χ3v) is 3.50. The Balaban J connectivity index is 2.86. The van der Waals surface area contributed by atoms with Gasteiger partial charge in [-0.15, -0.1) is 0 Å². The van der Waals surface area contributed by atoms with Crippen LogP contribution in [0.15, 0.2) is 18.2 Å². The van der Waals surface area contributed by atoms with Gasteiger partial charge in [0.15, 0.2) is 17.4 Å². The molecule has 0 saturated carbocycles. The molecule has 0 unspecified atom stereocenters. The van der Waals surface area contributed by atoms with Crippen molar-refractivity contribution in [3.8, 4) is 5.75 Å². The molecule has 0 N–H and O–H groups in total. The Morgan fingerprint density at radius 1 is 1.24 bits per heavy atom. The van der Waals surface area contributed by atoms with Crippen molar-refractivity contribution in [3.63, 3.8) is 0 Å². The first-order chi connectivity index (χ1) is 8.10. The van der Waals surface area contributed by atoms with E-state index in [0.717, 1.165) is 11.1 Å². The smallest absolute Gasteiger partial charge is 0.191 e. The van der Waals surface area contributed by atoms with Gasteiger partial charge >= 0.3 is 0 Å². The molecule has 0 atom stereocenters. The monoisotopic (exact) mass is 300 g/mol. The van der Waals surface area contributed by atoms with E-state index in [-0.39, 0.29) is 5.75 Å². The summed E-state index contributed by atoms with van der Waals surface area (Å²) in [4.78, 5) is 0. The first-order valence-electron chi connectivity index (χ1n) is 5.10. The molecule has 0 aromatic heterocycles. The predicted molar refractivity (Wildman–Crippen MR) is 67.8 cm³/mol. The molecule has 1 nitrogen and oxygen atoms in total. The normalized spacial score (nSPS) is 10.9. The van der Waals surface area contributed by atoms with E-state index >= 15 is 0 Å². The van der Waals surface area contributed by atoms with Gasteiger partial charge in [-0.05, 0) is 29.5 Å². The number of hydrogen-bond acceptors (Lipinski definition) is 1. The maximum atomic E-state index is 14.0. The maximum absolute atomic E-state index is 14.0. The Morgan fingerprint density at radius 2 is 1.94 bits per heavy atom. The van der Waals surface area contributed by atoms with Gasteiger partial charge in [0.2, 0.25) is 0 Å². The van der Waals surface area contributed by atoms with Gasteiger partial charge in [-0.1, -0.05) is 28.1 Å². The molecule has 90 valence electrons. The van der Waals surface area contributed by atoms with Crippen molar-refractivity contribution in [1.82, 2.24) is 0 Å². The molecule has 0 aliphatic rings. The quantitative estimate of drug-likeness (QED) is 0.750. The van der Waals surface area contributed by atoms with E-state index in [4.69, 9.17) is 4.74 Å². The standard InChI is InChI=1S/C13H11BrF2O/c1-7-8(6-14)3-4-9-10(7)5-11(15)13(17-2)12(9)16/h3-5H,6H2,1-2H3. The molecule has 0 radical (unpaired) electrons. The third kappa shape index (κ3) is 1.90. The van der Waals surface area contributed by atoms with Crippen molar-refractivity contribution in [2.75, 3.05) is 7.11 Å². The SMILES string of the molecule is COc1c(F)cc2c(C)c(CBr)ccc2c1F. The topological polar surface area (TPSA) is 9.23 Å². The summed E-state index contributed by atoms with van der Waals surface area (Å²) < 4.78 is 32.3. The van der Waals surface area contributed by atoms with E-state index < -0.39 is 11.6 Å². The van der Waals surface area contributed by atoms with Crippen molar-refractivity contribution < 1.29 is 13.5 Å². The van der Waals surface area contributed by atoms with Crippen LogP contribution in [0.2, 0.25) is 0 Å². The molecule has 0 bridgehead atoms. The molecule has 4 heteroatoms. The Bertz CT molecular complexity index is 581. The molecule has 2 rings (SSSR count). The van der Waals surface area contributed by atoms with Crippen LogP contribution in [0.25, 0.3) is 10.8 Å². The highest BCUT2D eigenvalue weighted by atomic mass is 79.9. The number of ether oxygens (including phenoxy) is 1. The van der Waals surface area contributed by atoms with E-state index in [1.165, 1.54) is 13.2 Å². The number of halogens is 3. The summed E-state index contributed by atoms with van der Waals surface area (Å²) in [6.07, 6.45) is 0. The van der Waals surface area contributed by atoms with E-state index in [1.54, 1.807) is 6.07 Å². The van der Waals surface area contributed by atoms with E-state index in [2.05, 4.69) is 15.9 Å². The largest absolute Gasteiger partial charge is 0.491 e. The lowest BCUT2D eigenvalue weighted by Crippen LogP contribution is -1.96. The first-order valence-corrected chi connectivity index (χ1v) is 6.22. The molecule has 0 aliphatic carbocycles. The number of fused-ring (bicyclic) bond motifs is 1. The number of benzene rings is 2. The number of methoxy groups -OCH3 is 1. The number of aryl methyl sites for hydroxylation is 1. The second-order valence-corrected chi connectivity index (χ2v) is 4.34. The fourth-order valence-electron chi connectivity index (χ4n) is 1.90. The highest BCUT2D eigenvalue weighted by Crippen LogP contribution is 2.32. The van der Waals surface area contributed by atoms with Crippen molar-refractivity contribution in [1.29, 1.82) is 0 Å². The van der Waals surface area contributed by atoms with Gasteiger partial charge < -0.3 is 4.74 Å². The van der Waals surface area contributed by atoms with Crippen LogP contribution < -0.4 is 4.74 Å². The molecule has 0 aliphatic heterocycles. The third-order valence-electron chi connectivity index (χ3n) is 2.90. The first kappa shape index (κ1) is 12.3. The number of hydrogen-bond donors (Lipinski definition) is 0. The summed E-state index contributed by atoms with van der Waals surface area (Å²) >= 11 is 3.35. The van der Waals surface area contributed by atoms with Crippen molar-refractivity contribution in [2.24, 2.45) is 0 Å². The van der Waals surface area contributed by atoms with Crippen LogP contribution in [0.1, 0.15) is 11.1 Å². The summed E-state index contributed by atoms with van der Waals surface area (Å²) in [6, 6.07) is 4.79. The van der Waals surface area contributed by atoms with Crippen LogP contribution in [0.3, 0.4) is 0 Å². The highest BCUT2D eigenvalue weighted by Gasteiger charge is 2.16. The molecule has 0 saturated heterocycles. The van der Waals surface area contributed by atoms with E-state index in [9.17, 15) is 8.78 Å². The molecule has 0 heterocycles. The van der Waals surface area contributed by atoms with Gasteiger partial charge in [0.25, 0.3) is 0 Å². The number of alkyl halides is 1. The van der Waals surface area contributed by atoms with Gasteiger partial charge in [-0.3, -0.25) is 0 Å². The molecular formula is C13H11BrF2O. The van der Waals surface area contributed by atoms with Gasteiger partial charge in [0.05, 0.1) is 7.11 Å². The second-order valence-electron chi connectivity index (χ2n) is 3.78.